The predicted octanol–water partition coefficient (Wildman–Crippen LogP) is 3.65. The molecular weight excluding hydrogens is 308 g/mol. The molecule has 1 heterocycles. The van der Waals surface area contributed by atoms with E-state index in [1.165, 1.54) is 5.56 Å². The highest BCUT2D eigenvalue weighted by molar-refractivity contribution is 5.85. The van der Waals surface area contributed by atoms with Crippen LogP contribution >= 0.6 is 12.4 Å². The van der Waals surface area contributed by atoms with Crippen molar-refractivity contribution in [1.29, 1.82) is 0 Å². The molecule has 1 aromatic carbocycles. The van der Waals surface area contributed by atoms with Gasteiger partial charge in [0.05, 0.1) is 6.04 Å². The van der Waals surface area contributed by atoms with Gasteiger partial charge in [-0.1, -0.05) is 58.0 Å². The summed E-state index contributed by atoms with van der Waals surface area (Å²) in [5.74, 6) is 0.107. The van der Waals surface area contributed by atoms with Crippen molar-refractivity contribution in [3.8, 4) is 0 Å². The summed E-state index contributed by atoms with van der Waals surface area (Å²) in [4.78, 5) is 14.5. The standard InChI is InChI=1S/C19H30N2O.ClH/c1-18(2,3)16(20)17(22)21-13-12-19(4,14-21)11-10-15-8-6-5-7-9-15;/h5-9,16H,10-14,20H2,1-4H3;1H/t16-,19?;/m1./s1. The summed E-state index contributed by atoms with van der Waals surface area (Å²) in [7, 11) is 0. The largest absolute Gasteiger partial charge is 0.341 e. The van der Waals surface area contributed by atoms with E-state index in [1.54, 1.807) is 0 Å². The fourth-order valence-electron chi connectivity index (χ4n) is 3.07. The van der Waals surface area contributed by atoms with Gasteiger partial charge in [-0.2, -0.15) is 0 Å². The Bertz CT molecular complexity index is 512. The zero-order valence-corrected chi connectivity index (χ0v) is 15.7. The number of hydrogen-bond donors (Lipinski definition) is 1. The van der Waals surface area contributed by atoms with E-state index in [-0.39, 0.29) is 29.1 Å². The Hall–Kier alpha value is -1.06. The quantitative estimate of drug-likeness (QED) is 0.910. The third kappa shape index (κ3) is 5.22. The monoisotopic (exact) mass is 338 g/mol. The number of halogens is 1. The number of aryl methyl sites for hydroxylation is 1. The molecule has 0 saturated carbocycles. The van der Waals surface area contributed by atoms with Crippen LogP contribution in [0.3, 0.4) is 0 Å². The van der Waals surface area contributed by atoms with Gasteiger partial charge in [-0.05, 0) is 35.7 Å². The first-order valence-corrected chi connectivity index (χ1v) is 8.30. The second-order valence-corrected chi connectivity index (χ2v) is 8.15. The maximum atomic E-state index is 12.6. The molecule has 2 rings (SSSR count). The molecule has 0 bridgehead atoms. The molecule has 0 aliphatic carbocycles. The van der Waals surface area contributed by atoms with Crippen LogP contribution in [0.15, 0.2) is 30.3 Å². The van der Waals surface area contributed by atoms with Crippen LogP contribution in [0.2, 0.25) is 0 Å². The zero-order chi connectivity index (χ0) is 16.4. The van der Waals surface area contributed by atoms with E-state index in [0.29, 0.717) is 0 Å². The van der Waals surface area contributed by atoms with E-state index in [4.69, 9.17) is 5.73 Å². The average molecular weight is 339 g/mol. The lowest BCUT2D eigenvalue weighted by molar-refractivity contribution is -0.134. The minimum absolute atomic E-state index is 0. The summed E-state index contributed by atoms with van der Waals surface area (Å²) in [6, 6.07) is 10.2. The highest BCUT2D eigenvalue weighted by atomic mass is 35.5. The van der Waals surface area contributed by atoms with Gasteiger partial charge in [-0.3, -0.25) is 4.79 Å². The molecule has 0 radical (unpaired) electrons. The van der Waals surface area contributed by atoms with Crippen molar-refractivity contribution >= 4 is 18.3 Å². The van der Waals surface area contributed by atoms with Crippen LogP contribution < -0.4 is 5.73 Å². The number of carbonyl (C=O) groups excluding carboxylic acids is 1. The summed E-state index contributed by atoms with van der Waals surface area (Å²) in [5.41, 5.74) is 7.54. The minimum Gasteiger partial charge on any atom is -0.341 e. The van der Waals surface area contributed by atoms with Gasteiger partial charge in [0.2, 0.25) is 5.91 Å². The van der Waals surface area contributed by atoms with Crippen molar-refractivity contribution in [2.75, 3.05) is 13.1 Å². The van der Waals surface area contributed by atoms with Crippen LogP contribution in [-0.2, 0) is 11.2 Å². The van der Waals surface area contributed by atoms with Gasteiger partial charge in [0, 0.05) is 13.1 Å². The molecule has 1 saturated heterocycles. The Morgan fingerprint density at radius 1 is 1.30 bits per heavy atom. The Labute approximate surface area is 147 Å². The molecule has 1 aliphatic heterocycles. The summed E-state index contributed by atoms with van der Waals surface area (Å²) < 4.78 is 0. The van der Waals surface area contributed by atoms with Crippen molar-refractivity contribution < 1.29 is 4.79 Å². The maximum absolute atomic E-state index is 12.6. The molecule has 1 unspecified atom stereocenters. The smallest absolute Gasteiger partial charge is 0.240 e. The molecule has 0 aromatic heterocycles. The summed E-state index contributed by atoms with van der Waals surface area (Å²) >= 11 is 0. The molecule has 1 fully saturated rings. The van der Waals surface area contributed by atoms with Crippen molar-refractivity contribution in [1.82, 2.24) is 4.90 Å². The summed E-state index contributed by atoms with van der Waals surface area (Å²) in [5, 5.41) is 0. The lowest BCUT2D eigenvalue weighted by Crippen LogP contribution is -2.50. The number of hydrogen-bond acceptors (Lipinski definition) is 2. The third-order valence-electron chi connectivity index (χ3n) is 4.93. The SMILES string of the molecule is CC1(CCc2ccccc2)CCN(C(=O)[C@@H](N)C(C)(C)C)C1.Cl. The molecule has 1 amide bonds. The second kappa shape index (κ2) is 7.67. The van der Waals surface area contributed by atoms with E-state index in [0.717, 1.165) is 32.4 Å². The molecule has 23 heavy (non-hydrogen) atoms. The highest BCUT2D eigenvalue weighted by Crippen LogP contribution is 2.35. The fourth-order valence-corrected chi connectivity index (χ4v) is 3.07. The van der Waals surface area contributed by atoms with E-state index >= 15 is 0 Å². The van der Waals surface area contributed by atoms with Gasteiger partial charge in [0.15, 0.2) is 0 Å². The zero-order valence-electron chi connectivity index (χ0n) is 14.8. The average Bonchev–Trinajstić information content (AvgIpc) is 2.87. The van der Waals surface area contributed by atoms with Crippen molar-refractivity contribution in [3.63, 3.8) is 0 Å². The van der Waals surface area contributed by atoms with Crippen LogP contribution in [0.25, 0.3) is 0 Å². The lowest BCUT2D eigenvalue weighted by Gasteiger charge is -2.31. The van der Waals surface area contributed by atoms with E-state index < -0.39 is 6.04 Å². The molecule has 1 aromatic rings. The Balaban J connectivity index is 0.00000264. The molecule has 2 N–H and O–H groups in total. The van der Waals surface area contributed by atoms with Crippen LogP contribution in [0.4, 0.5) is 0 Å². The van der Waals surface area contributed by atoms with Crippen LogP contribution in [0.1, 0.15) is 46.1 Å². The first-order chi connectivity index (χ1) is 10.2. The summed E-state index contributed by atoms with van der Waals surface area (Å²) in [6.45, 7) is 10.1. The number of benzene rings is 1. The lowest BCUT2D eigenvalue weighted by atomic mass is 9.83. The normalized spacial score (nSPS) is 22.6. The Morgan fingerprint density at radius 2 is 1.91 bits per heavy atom. The molecule has 0 spiro atoms. The summed E-state index contributed by atoms with van der Waals surface area (Å²) in [6.07, 6.45) is 3.26. The highest BCUT2D eigenvalue weighted by Gasteiger charge is 2.39. The second-order valence-electron chi connectivity index (χ2n) is 8.15. The van der Waals surface area contributed by atoms with Crippen molar-refractivity contribution in [3.05, 3.63) is 35.9 Å². The third-order valence-corrected chi connectivity index (χ3v) is 4.93. The predicted molar refractivity (Wildman–Crippen MR) is 98.7 cm³/mol. The van der Waals surface area contributed by atoms with Crippen molar-refractivity contribution in [2.24, 2.45) is 16.6 Å². The van der Waals surface area contributed by atoms with Crippen LogP contribution in [-0.4, -0.2) is 29.9 Å². The van der Waals surface area contributed by atoms with Gasteiger partial charge in [-0.15, -0.1) is 12.4 Å². The Kier molecular flexibility index (Phi) is 6.67. The molecule has 130 valence electrons. The topological polar surface area (TPSA) is 46.3 Å². The number of nitrogens with zero attached hydrogens (tertiary/aromatic N) is 1. The van der Waals surface area contributed by atoms with Gasteiger partial charge in [0.25, 0.3) is 0 Å². The van der Waals surface area contributed by atoms with Gasteiger partial charge < -0.3 is 10.6 Å². The fraction of sp³-hybridized carbons (Fsp3) is 0.632. The number of likely N-dealkylation sites (tertiary alicyclic amines) is 1. The Morgan fingerprint density at radius 3 is 2.48 bits per heavy atom. The maximum Gasteiger partial charge on any atom is 0.240 e. The van der Waals surface area contributed by atoms with Gasteiger partial charge in [0.1, 0.15) is 0 Å². The first-order valence-electron chi connectivity index (χ1n) is 8.30. The molecule has 1 aliphatic rings. The van der Waals surface area contributed by atoms with E-state index in [2.05, 4.69) is 37.3 Å². The minimum atomic E-state index is -0.413. The number of carbonyl (C=O) groups is 1. The molecule has 2 atom stereocenters. The van der Waals surface area contributed by atoms with Gasteiger partial charge in [-0.25, -0.2) is 0 Å². The van der Waals surface area contributed by atoms with E-state index in [1.807, 2.05) is 25.7 Å². The molecule has 3 nitrogen and oxygen atoms in total. The van der Waals surface area contributed by atoms with E-state index in [9.17, 15) is 4.79 Å². The molecular formula is C19H31ClN2O. The molecule has 4 heteroatoms. The van der Waals surface area contributed by atoms with Gasteiger partial charge >= 0.3 is 0 Å². The number of amides is 1. The first kappa shape index (κ1) is 20.0. The number of nitrogens with two attached hydrogens (primary N) is 1. The van der Waals surface area contributed by atoms with Crippen molar-refractivity contribution in [2.45, 2.75) is 53.0 Å². The number of rotatable bonds is 4. The van der Waals surface area contributed by atoms with Crippen LogP contribution in [0.5, 0.6) is 0 Å². The van der Waals surface area contributed by atoms with Crippen LogP contribution in [0, 0.1) is 10.8 Å².